The van der Waals surface area contributed by atoms with Gasteiger partial charge >= 0.3 is 13.8 Å². The van der Waals surface area contributed by atoms with Gasteiger partial charge in [0.05, 0.1) is 19.8 Å². The van der Waals surface area contributed by atoms with E-state index in [4.69, 9.17) is 24.3 Å². The first kappa shape index (κ1) is 36.5. The van der Waals surface area contributed by atoms with Crippen LogP contribution in [0.3, 0.4) is 0 Å². The van der Waals surface area contributed by atoms with Gasteiger partial charge in [0.25, 0.3) is 0 Å². The number of esters is 1. The van der Waals surface area contributed by atoms with E-state index in [1.165, 1.54) is 89.9 Å². The van der Waals surface area contributed by atoms with E-state index in [2.05, 4.69) is 6.92 Å². The fourth-order valence-electron chi connectivity index (χ4n) is 4.03. The maximum absolute atomic E-state index is 12.0. The van der Waals surface area contributed by atoms with Crippen LogP contribution in [0.15, 0.2) is 0 Å². The smallest absolute Gasteiger partial charge is 0.457 e. The Labute approximate surface area is 227 Å². The number of hydrogen-bond acceptors (Lipinski definition) is 7. The van der Waals surface area contributed by atoms with Gasteiger partial charge in [0.1, 0.15) is 6.10 Å². The van der Waals surface area contributed by atoms with Crippen molar-refractivity contribution in [2.24, 2.45) is 5.73 Å². The van der Waals surface area contributed by atoms with Gasteiger partial charge in [0.15, 0.2) is 0 Å². The summed E-state index contributed by atoms with van der Waals surface area (Å²) < 4.78 is 32.6. The zero-order valence-corrected chi connectivity index (χ0v) is 24.9. The number of phosphoric acid groups is 1. The van der Waals surface area contributed by atoms with E-state index in [-0.39, 0.29) is 32.3 Å². The Hall–Kier alpha value is -0.500. The van der Waals surface area contributed by atoms with Crippen LogP contribution in [-0.2, 0) is 27.9 Å². The van der Waals surface area contributed by atoms with Gasteiger partial charge in [0, 0.05) is 19.6 Å². The van der Waals surface area contributed by atoms with Crippen LogP contribution in [0.4, 0.5) is 0 Å². The molecular formula is C28H58NO7P. The SMILES string of the molecule is CCCCCCCCCCCCCCCCCCOCC(COP(=O)(O)OCCN)OC(=O)CCCC. The molecule has 2 unspecified atom stereocenters. The summed E-state index contributed by atoms with van der Waals surface area (Å²) in [6.07, 6.45) is 22.2. The predicted molar refractivity (Wildman–Crippen MR) is 151 cm³/mol. The van der Waals surface area contributed by atoms with Crippen molar-refractivity contribution in [2.45, 2.75) is 142 Å². The van der Waals surface area contributed by atoms with Crippen LogP contribution in [0.1, 0.15) is 136 Å². The molecule has 0 spiro atoms. The lowest BCUT2D eigenvalue weighted by Crippen LogP contribution is -2.28. The molecule has 0 aliphatic heterocycles. The summed E-state index contributed by atoms with van der Waals surface area (Å²) in [6.45, 7) is 4.68. The molecule has 0 aliphatic rings. The molecule has 0 saturated heterocycles. The summed E-state index contributed by atoms with van der Waals surface area (Å²) in [5, 5.41) is 0. The fourth-order valence-corrected chi connectivity index (χ4v) is 4.80. The fraction of sp³-hybridized carbons (Fsp3) is 0.964. The number of carbonyl (C=O) groups excluding carboxylic acids is 1. The van der Waals surface area contributed by atoms with Gasteiger partial charge in [-0.1, -0.05) is 117 Å². The van der Waals surface area contributed by atoms with Crippen molar-refractivity contribution in [3.8, 4) is 0 Å². The van der Waals surface area contributed by atoms with Crippen molar-refractivity contribution in [1.29, 1.82) is 0 Å². The van der Waals surface area contributed by atoms with E-state index in [0.29, 0.717) is 13.0 Å². The number of phosphoric ester groups is 1. The van der Waals surface area contributed by atoms with Crippen molar-refractivity contribution in [1.82, 2.24) is 0 Å². The molecule has 2 atom stereocenters. The monoisotopic (exact) mass is 551 g/mol. The van der Waals surface area contributed by atoms with Crippen LogP contribution < -0.4 is 5.73 Å². The second-order valence-corrected chi connectivity index (χ2v) is 11.4. The number of unbranched alkanes of at least 4 members (excludes halogenated alkanes) is 16. The maximum atomic E-state index is 12.0. The second-order valence-electron chi connectivity index (χ2n) is 9.98. The molecule has 0 heterocycles. The number of carbonyl (C=O) groups is 1. The molecule has 9 heteroatoms. The molecule has 3 N–H and O–H groups in total. The summed E-state index contributed by atoms with van der Waals surface area (Å²) in [7, 11) is -4.23. The number of rotatable bonds is 29. The minimum atomic E-state index is -4.23. The third-order valence-electron chi connectivity index (χ3n) is 6.27. The van der Waals surface area contributed by atoms with Crippen LogP contribution in [0.5, 0.6) is 0 Å². The van der Waals surface area contributed by atoms with Crippen LogP contribution in [0.2, 0.25) is 0 Å². The van der Waals surface area contributed by atoms with E-state index in [9.17, 15) is 14.3 Å². The molecule has 0 bridgehead atoms. The van der Waals surface area contributed by atoms with Crippen LogP contribution in [-0.4, -0.2) is 49.9 Å². The Morgan fingerprint density at radius 3 is 1.68 bits per heavy atom. The van der Waals surface area contributed by atoms with E-state index < -0.39 is 13.9 Å². The summed E-state index contributed by atoms with van der Waals surface area (Å²) in [5.74, 6) is -0.364. The summed E-state index contributed by atoms with van der Waals surface area (Å²) >= 11 is 0. The zero-order chi connectivity index (χ0) is 27.5. The normalized spacial score (nSPS) is 13.9. The van der Waals surface area contributed by atoms with Crippen molar-refractivity contribution >= 4 is 13.8 Å². The molecule has 0 amide bonds. The Morgan fingerprint density at radius 1 is 0.703 bits per heavy atom. The molecule has 0 rings (SSSR count). The molecule has 37 heavy (non-hydrogen) atoms. The lowest BCUT2D eigenvalue weighted by atomic mass is 10.0. The van der Waals surface area contributed by atoms with Gasteiger partial charge in [-0.25, -0.2) is 4.57 Å². The highest BCUT2D eigenvalue weighted by Gasteiger charge is 2.25. The number of nitrogens with two attached hydrogens (primary N) is 1. The minimum absolute atomic E-state index is 0.0928. The van der Waals surface area contributed by atoms with Crippen LogP contribution in [0.25, 0.3) is 0 Å². The largest absolute Gasteiger partial charge is 0.472 e. The molecule has 0 aliphatic carbocycles. The average Bonchev–Trinajstić information content (AvgIpc) is 2.88. The van der Waals surface area contributed by atoms with Crippen molar-refractivity contribution in [2.75, 3.05) is 33.0 Å². The topological polar surface area (TPSA) is 117 Å². The maximum Gasteiger partial charge on any atom is 0.472 e. The number of ether oxygens (including phenoxy) is 2. The first-order valence-electron chi connectivity index (χ1n) is 15.0. The van der Waals surface area contributed by atoms with Crippen molar-refractivity contribution in [3.63, 3.8) is 0 Å². The van der Waals surface area contributed by atoms with Gasteiger partial charge in [0.2, 0.25) is 0 Å². The molecule has 0 fully saturated rings. The first-order valence-corrected chi connectivity index (χ1v) is 16.5. The van der Waals surface area contributed by atoms with Gasteiger partial charge in [-0.15, -0.1) is 0 Å². The van der Waals surface area contributed by atoms with E-state index in [1.807, 2.05) is 6.92 Å². The molecule has 8 nitrogen and oxygen atoms in total. The molecular weight excluding hydrogens is 493 g/mol. The highest BCUT2D eigenvalue weighted by Crippen LogP contribution is 2.43. The summed E-state index contributed by atoms with van der Waals surface area (Å²) in [5.41, 5.74) is 5.28. The Morgan fingerprint density at radius 2 is 1.19 bits per heavy atom. The molecule has 222 valence electrons. The summed E-state index contributed by atoms with van der Waals surface area (Å²) in [6, 6.07) is 0. The van der Waals surface area contributed by atoms with E-state index in [0.717, 1.165) is 25.7 Å². The van der Waals surface area contributed by atoms with Gasteiger partial charge in [-0.3, -0.25) is 13.8 Å². The third-order valence-corrected chi connectivity index (χ3v) is 7.26. The van der Waals surface area contributed by atoms with Crippen molar-refractivity contribution in [3.05, 3.63) is 0 Å². The highest BCUT2D eigenvalue weighted by atomic mass is 31.2. The lowest BCUT2D eigenvalue weighted by molar-refractivity contribution is -0.154. The highest BCUT2D eigenvalue weighted by molar-refractivity contribution is 7.47. The Balaban J connectivity index is 3.80. The van der Waals surface area contributed by atoms with E-state index >= 15 is 0 Å². The van der Waals surface area contributed by atoms with Gasteiger partial charge in [-0.2, -0.15) is 0 Å². The average molecular weight is 552 g/mol. The predicted octanol–water partition coefficient (Wildman–Crippen LogP) is 7.46. The molecule has 0 aromatic rings. The number of hydrogen-bond donors (Lipinski definition) is 2. The quantitative estimate of drug-likeness (QED) is 0.0559. The van der Waals surface area contributed by atoms with Crippen molar-refractivity contribution < 1.29 is 32.8 Å². The zero-order valence-electron chi connectivity index (χ0n) is 24.0. The summed E-state index contributed by atoms with van der Waals surface area (Å²) in [4.78, 5) is 21.7. The standard InChI is InChI=1S/C28H58NO7P/c1-3-5-7-8-9-10-11-12-13-14-15-16-17-18-19-20-23-33-25-27(36-28(30)21-6-4-2)26-35-37(31,32)34-24-22-29/h27H,3-26,29H2,1-2H3,(H,31,32). The van der Waals surface area contributed by atoms with Gasteiger partial charge in [-0.05, 0) is 12.8 Å². The molecule has 0 aromatic heterocycles. The lowest BCUT2D eigenvalue weighted by Gasteiger charge is -2.20. The van der Waals surface area contributed by atoms with Crippen LogP contribution in [0, 0.1) is 0 Å². The Kier molecular flexibility index (Phi) is 26.7. The van der Waals surface area contributed by atoms with E-state index in [1.54, 1.807) is 0 Å². The minimum Gasteiger partial charge on any atom is -0.457 e. The molecule has 0 aromatic carbocycles. The molecule has 0 radical (unpaired) electrons. The van der Waals surface area contributed by atoms with Gasteiger partial charge < -0.3 is 20.1 Å². The van der Waals surface area contributed by atoms with Crippen LogP contribution >= 0.6 is 7.82 Å². The Bertz CT molecular complexity index is 551. The molecule has 0 saturated carbocycles. The second kappa shape index (κ2) is 27.1. The third kappa shape index (κ3) is 26.9. The first-order chi connectivity index (χ1) is 17.9.